The summed E-state index contributed by atoms with van der Waals surface area (Å²) in [5.41, 5.74) is 4.25. The molecule has 15 heavy (non-hydrogen) atoms. The number of hydrogen-bond acceptors (Lipinski definition) is 0. The molecule has 1 aromatic carbocycles. The lowest BCUT2D eigenvalue weighted by Gasteiger charge is -2.18. The van der Waals surface area contributed by atoms with Gasteiger partial charge in [-0.25, -0.2) is 0 Å². The van der Waals surface area contributed by atoms with Crippen LogP contribution in [0, 0.1) is 0 Å². The van der Waals surface area contributed by atoms with Gasteiger partial charge in [-0.15, -0.1) is 0 Å². The lowest BCUT2D eigenvalue weighted by molar-refractivity contribution is 0.590. The van der Waals surface area contributed by atoms with Crippen molar-refractivity contribution in [1.29, 1.82) is 0 Å². The van der Waals surface area contributed by atoms with Gasteiger partial charge in [0, 0.05) is 5.33 Å². The van der Waals surface area contributed by atoms with E-state index in [4.69, 9.17) is 0 Å². The zero-order valence-corrected chi connectivity index (χ0v) is 11.6. The van der Waals surface area contributed by atoms with Crippen LogP contribution < -0.4 is 0 Å². The summed E-state index contributed by atoms with van der Waals surface area (Å²) in [6, 6.07) is 8.81. The van der Waals surface area contributed by atoms with Gasteiger partial charge in [0.15, 0.2) is 0 Å². The summed E-state index contributed by atoms with van der Waals surface area (Å²) < 4.78 is 0. The van der Waals surface area contributed by atoms with E-state index in [1.54, 1.807) is 0 Å². The van der Waals surface area contributed by atoms with Gasteiger partial charge in [0.2, 0.25) is 0 Å². The van der Waals surface area contributed by atoms with Gasteiger partial charge < -0.3 is 0 Å². The summed E-state index contributed by atoms with van der Waals surface area (Å²) in [7, 11) is 0. The molecular weight excluding hydrogens is 248 g/mol. The number of allylic oxidation sites excluding steroid dienone is 1. The third kappa shape index (κ3) is 3.83. The first-order chi connectivity index (χ1) is 6.93. The second kappa shape index (κ2) is 4.98. The van der Waals surface area contributed by atoms with Gasteiger partial charge in [0.1, 0.15) is 0 Å². The van der Waals surface area contributed by atoms with Gasteiger partial charge in [0.25, 0.3) is 0 Å². The minimum Gasteiger partial charge on any atom is -0.0880 e. The summed E-state index contributed by atoms with van der Waals surface area (Å²) >= 11 is 3.45. The van der Waals surface area contributed by atoms with Crippen molar-refractivity contribution in [2.45, 2.75) is 33.1 Å². The molecule has 0 bridgehead atoms. The van der Waals surface area contributed by atoms with Crippen molar-refractivity contribution < 1.29 is 0 Å². The van der Waals surface area contributed by atoms with Gasteiger partial charge in [0.05, 0.1) is 0 Å². The summed E-state index contributed by atoms with van der Waals surface area (Å²) in [5.74, 6) is 0. The van der Waals surface area contributed by atoms with E-state index < -0.39 is 0 Å². The van der Waals surface area contributed by atoms with Crippen LogP contribution in [-0.4, -0.2) is 5.33 Å². The van der Waals surface area contributed by atoms with Crippen molar-refractivity contribution in [2.24, 2.45) is 0 Å². The maximum absolute atomic E-state index is 3.45. The van der Waals surface area contributed by atoms with Gasteiger partial charge >= 0.3 is 0 Å². The highest BCUT2D eigenvalue weighted by Crippen LogP contribution is 2.22. The second-order valence-corrected chi connectivity index (χ2v) is 5.56. The van der Waals surface area contributed by atoms with E-state index >= 15 is 0 Å². The molecule has 0 heterocycles. The summed E-state index contributed by atoms with van der Waals surface area (Å²) in [4.78, 5) is 0. The van der Waals surface area contributed by atoms with E-state index in [-0.39, 0.29) is 5.41 Å². The quantitative estimate of drug-likeness (QED) is 0.676. The van der Waals surface area contributed by atoms with Crippen LogP contribution in [0.4, 0.5) is 0 Å². The summed E-state index contributed by atoms with van der Waals surface area (Å²) in [5, 5.41) is 0.939. The van der Waals surface area contributed by atoms with Crippen LogP contribution in [0.1, 0.15) is 38.8 Å². The predicted molar refractivity (Wildman–Crippen MR) is 72.6 cm³/mol. The third-order valence-corrected chi connectivity index (χ3v) is 3.29. The van der Waals surface area contributed by atoms with E-state index in [1.807, 2.05) is 0 Å². The number of halogens is 1. The fraction of sp³-hybridized carbons (Fsp3) is 0.429. The molecule has 0 saturated carbocycles. The topological polar surface area (TPSA) is 0 Å². The summed E-state index contributed by atoms with van der Waals surface area (Å²) in [6.07, 6.45) is 2.21. The van der Waals surface area contributed by atoms with Crippen molar-refractivity contribution in [3.05, 3.63) is 41.0 Å². The van der Waals surface area contributed by atoms with Crippen molar-refractivity contribution in [2.75, 3.05) is 5.33 Å². The van der Waals surface area contributed by atoms with Crippen LogP contribution >= 0.6 is 15.9 Å². The highest BCUT2D eigenvalue weighted by atomic mass is 79.9. The molecule has 0 amide bonds. The van der Waals surface area contributed by atoms with Crippen LogP contribution in [0.15, 0.2) is 29.8 Å². The van der Waals surface area contributed by atoms with Crippen LogP contribution in [0.25, 0.3) is 6.08 Å². The maximum Gasteiger partial charge on any atom is 0.0242 e. The van der Waals surface area contributed by atoms with E-state index in [9.17, 15) is 0 Å². The van der Waals surface area contributed by atoms with Crippen LogP contribution in [0.2, 0.25) is 0 Å². The molecule has 1 rings (SSSR count). The highest BCUT2D eigenvalue weighted by molar-refractivity contribution is 9.09. The van der Waals surface area contributed by atoms with Gasteiger partial charge in [-0.2, -0.15) is 0 Å². The van der Waals surface area contributed by atoms with E-state index in [0.717, 1.165) is 5.33 Å². The lowest BCUT2D eigenvalue weighted by Crippen LogP contribution is -2.10. The molecule has 0 aliphatic carbocycles. The Hall–Kier alpha value is -0.560. The third-order valence-electron chi connectivity index (χ3n) is 2.40. The molecule has 0 aliphatic heterocycles. The fourth-order valence-electron chi connectivity index (χ4n) is 1.40. The molecule has 1 aromatic rings. The normalized spacial score (nSPS) is 13.0. The zero-order valence-electron chi connectivity index (χ0n) is 9.97. The molecule has 0 N–H and O–H groups in total. The van der Waals surface area contributed by atoms with Crippen molar-refractivity contribution >= 4 is 22.0 Å². The maximum atomic E-state index is 3.45. The Bertz CT molecular complexity index is 339. The largest absolute Gasteiger partial charge is 0.0880 e. The van der Waals surface area contributed by atoms with Gasteiger partial charge in [-0.05, 0) is 23.5 Å². The molecule has 82 valence electrons. The molecule has 0 nitrogen and oxygen atoms in total. The Kier molecular flexibility index (Phi) is 4.15. The first kappa shape index (κ1) is 12.5. The average Bonchev–Trinajstić information content (AvgIpc) is 2.17. The van der Waals surface area contributed by atoms with Crippen LogP contribution in [0.3, 0.4) is 0 Å². The van der Waals surface area contributed by atoms with Gasteiger partial charge in [-0.1, -0.05) is 72.6 Å². The minimum absolute atomic E-state index is 0.243. The monoisotopic (exact) mass is 266 g/mol. The first-order valence-electron chi connectivity index (χ1n) is 5.27. The molecule has 0 fully saturated rings. The molecule has 0 aliphatic rings. The zero-order chi connectivity index (χ0) is 11.5. The molecule has 0 unspecified atom stereocenters. The number of benzene rings is 1. The van der Waals surface area contributed by atoms with Crippen molar-refractivity contribution in [3.8, 4) is 0 Å². The lowest BCUT2D eigenvalue weighted by atomic mass is 9.86. The molecular formula is C14H19Br. The number of hydrogen-bond donors (Lipinski definition) is 0. The number of rotatable bonds is 2. The Morgan fingerprint density at radius 1 is 1.20 bits per heavy atom. The standard InChI is InChI=1S/C14H19Br/c1-11(10-15)9-12-5-7-13(8-6-12)14(2,3)4/h5-9H,10H2,1-4H3/b11-9+. The average molecular weight is 267 g/mol. The first-order valence-corrected chi connectivity index (χ1v) is 6.39. The Morgan fingerprint density at radius 3 is 2.13 bits per heavy atom. The van der Waals surface area contributed by atoms with Crippen LogP contribution in [0.5, 0.6) is 0 Å². The minimum atomic E-state index is 0.243. The van der Waals surface area contributed by atoms with Crippen molar-refractivity contribution in [3.63, 3.8) is 0 Å². The van der Waals surface area contributed by atoms with Gasteiger partial charge in [-0.3, -0.25) is 0 Å². The van der Waals surface area contributed by atoms with E-state index in [0.29, 0.717) is 0 Å². The molecule has 0 atom stereocenters. The molecule has 0 aromatic heterocycles. The summed E-state index contributed by atoms with van der Waals surface area (Å²) in [6.45, 7) is 8.84. The Morgan fingerprint density at radius 2 is 1.73 bits per heavy atom. The Labute approximate surface area is 102 Å². The fourth-order valence-corrected chi connectivity index (χ4v) is 1.56. The SMILES string of the molecule is C/C(=C\c1ccc(C(C)(C)C)cc1)CBr. The molecule has 0 spiro atoms. The molecule has 1 heteroatoms. The smallest absolute Gasteiger partial charge is 0.0242 e. The van der Waals surface area contributed by atoms with Crippen LogP contribution in [-0.2, 0) is 5.41 Å². The van der Waals surface area contributed by atoms with E-state index in [1.165, 1.54) is 16.7 Å². The predicted octanol–water partition coefficient (Wildman–Crippen LogP) is 4.78. The number of alkyl halides is 1. The van der Waals surface area contributed by atoms with Crippen molar-refractivity contribution in [1.82, 2.24) is 0 Å². The van der Waals surface area contributed by atoms with E-state index in [2.05, 4.69) is 74.0 Å². The highest BCUT2D eigenvalue weighted by Gasteiger charge is 2.12. The second-order valence-electron chi connectivity index (χ2n) is 5.00. The molecule has 0 radical (unpaired) electrons. The molecule has 0 saturated heterocycles. The Balaban J connectivity index is 2.91.